The summed E-state index contributed by atoms with van der Waals surface area (Å²) in [6.07, 6.45) is 0.591. The van der Waals surface area contributed by atoms with Gasteiger partial charge in [0, 0.05) is 72.0 Å². The fourth-order valence-electron chi connectivity index (χ4n) is 4.51. The molecule has 2 aromatic rings. The SMILES string of the molecule is O=CN1CCN(CC(O)CN2CCN(Cc3cccc4ccccc34)CC2)CC1. The molecule has 2 aromatic carbocycles. The molecule has 0 spiro atoms. The molecule has 29 heavy (non-hydrogen) atoms. The lowest BCUT2D eigenvalue weighted by Gasteiger charge is -2.37. The molecule has 1 N–H and O–H groups in total. The van der Waals surface area contributed by atoms with Crippen molar-refractivity contribution in [2.24, 2.45) is 0 Å². The molecule has 0 aromatic heterocycles. The number of hydrogen-bond donors (Lipinski definition) is 1. The molecule has 0 radical (unpaired) electrons. The van der Waals surface area contributed by atoms with Crippen molar-refractivity contribution in [3.8, 4) is 0 Å². The highest BCUT2D eigenvalue weighted by Gasteiger charge is 2.22. The molecular weight excluding hydrogens is 364 g/mol. The highest BCUT2D eigenvalue weighted by atomic mass is 16.3. The Morgan fingerprint density at radius 1 is 0.793 bits per heavy atom. The summed E-state index contributed by atoms with van der Waals surface area (Å²) in [7, 11) is 0. The highest BCUT2D eigenvalue weighted by molar-refractivity contribution is 5.85. The number of rotatable bonds is 7. The molecule has 2 fully saturated rings. The Bertz CT molecular complexity index is 793. The zero-order valence-electron chi connectivity index (χ0n) is 17.1. The third-order valence-corrected chi connectivity index (χ3v) is 6.23. The monoisotopic (exact) mass is 396 g/mol. The summed E-state index contributed by atoms with van der Waals surface area (Å²) in [5.41, 5.74) is 1.39. The number of fused-ring (bicyclic) bond motifs is 1. The van der Waals surface area contributed by atoms with E-state index in [-0.39, 0.29) is 6.10 Å². The predicted octanol–water partition coefficient (Wildman–Crippen LogP) is 1.09. The molecule has 2 heterocycles. The Morgan fingerprint density at radius 2 is 1.38 bits per heavy atom. The lowest BCUT2D eigenvalue weighted by atomic mass is 10.0. The normalized spacial score (nSPS) is 20.8. The Labute approximate surface area is 173 Å². The van der Waals surface area contributed by atoms with Gasteiger partial charge < -0.3 is 10.0 Å². The lowest BCUT2D eigenvalue weighted by molar-refractivity contribution is -0.119. The third-order valence-electron chi connectivity index (χ3n) is 6.23. The Hall–Kier alpha value is -1.99. The van der Waals surface area contributed by atoms with Crippen LogP contribution in [0.1, 0.15) is 5.56 Å². The van der Waals surface area contributed by atoms with Crippen LogP contribution in [-0.4, -0.2) is 103 Å². The van der Waals surface area contributed by atoms with E-state index in [1.54, 1.807) is 4.90 Å². The number of β-amino-alcohol motifs (C(OH)–C–C–N with tert-alkyl or cyclic N) is 1. The summed E-state index contributed by atoms with van der Waals surface area (Å²) in [6, 6.07) is 15.2. The smallest absolute Gasteiger partial charge is 0.209 e. The molecule has 1 unspecified atom stereocenters. The second-order valence-electron chi connectivity index (χ2n) is 8.31. The lowest BCUT2D eigenvalue weighted by Crippen LogP contribution is -2.52. The number of carbonyl (C=O) groups is 1. The number of aliphatic hydroxyl groups excluding tert-OH is 1. The number of nitrogens with zero attached hydrogens (tertiary/aromatic N) is 4. The van der Waals surface area contributed by atoms with Crippen molar-refractivity contribution in [3.05, 3.63) is 48.0 Å². The number of aliphatic hydroxyl groups is 1. The van der Waals surface area contributed by atoms with Crippen LogP contribution in [0.2, 0.25) is 0 Å². The second-order valence-corrected chi connectivity index (χ2v) is 8.31. The molecule has 1 atom stereocenters. The van der Waals surface area contributed by atoms with Crippen LogP contribution in [0.4, 0.5) is 0 Å². The van der Waals surface area contributed by atoms with Crippen LogP contribution in [-0.2, 0) is 11.3 Å². The van der Waals surface area contributed by atoms with Gasteiger partial charge >= 0.3 is 0 Å². The van der Waals surface area contributed by atoms with Gasteiger partial charge in [0.15, 0.2) is 0 Å². The van der Waals surface area contributed by atoms with Crippen molar-refractivity contribution in [3.63, 3.8) is 0 Å². The third kappa shape index (κ3) is 5.34. The summed E-state index contributed by atoms with van der Waals surface area (Å²) >= 11 is 0. The van der Waals surface area contributed by atoms with Crippen LogP contribution >= 0.6 is 0 Å². The molecule has 0 bridgehead atoms. The number of benzene rings is 2. The van der Waals surface area contributed by atoms with Crippen molar-refractivity contribution < 1.29 is 9.90 Å². The molecule has 2 aliphatic rings. The van der Waals surface area contributed by atoms with Crippen molar-refractivity contribution >= 4 is 17.2 Å². The average Bonchev–Trinajstić information content (AvgIpc) is 2.76. The summed E-state index contributed by atoms with van der Waals surface area (Å²) in [4.78, 5) is 19.8. The van der Waals surface area contributed by atoms with Gasteiger partial charge in [0.05, 0.1) is 6.10 Å². The molecule has 2 saturated heterocycles. The molecule has 0 aliphatic carbocycles. The summed E-state index contributed by atoms with van der Waals surface area (Å²) in [5.74, 6) is 0. The quantitative estimate of drug-likeness (QED) is 0.710. The second kappa shape index (κ2) is 9.67. The van der Waals surface area contributed by atoms with Crippen LogP contribution in [0, 0.1) is 0 Å². The molecule has 6 heteroatoms. The first kappa shape index (κ1) is 20.3. The fourth-order valence-corrected chi connectivity index (χ4v) is 4.51. The van der Waals surface area contributed by atoms with E-state index >= 15 is 0 Å². The maximum Gasteiger partial charge on any atom is 0.209 e. The number of hydrogen-bond acceptors (Lipinski definition) is 5. The highest BCUT2D eigenvalue weighted by Crippen LogP contribution is 2.20. The Morgan fingerprint density at radius 3 is 2.07 bits per heavy atom. The molecular formula is C23H32N4O2. The number of carbonyl (C=O) groups excluding carboxylic acids is 1. The van der Waals surface area contributed by atoms with E-state index in [1.165, 1.54) is 16.3 Å². The maximum absolute atomic E-state index is 10.8. The van der Waals surface area contributed by atoms with Gasteiger partial charge in [-0.05, 0) is 16.3 Å². The predicted molar refractivity (Wildman–Crippen MR) is 116 cm³/mol. The van der Waals surface area contributed by atoms with E-state index < -0.39 is 0 Å². The first-order chi connectivity index (χ1) is 14.2. The van der Waals surface area contributed by atoms with Gasteiger partial charge in [-0.3, -0.25) is 19.5 Å². The van der Waals surface area contributed by atoms with Gasteiger partial charge in [-0.25, -0.2) is 0 Å². The van der Waals surface area contributed by atoms with E-state index in [2.05, 4.69) is 57.2 Å². The van der Waals surface area contributed by atoms with Crippen molar-refractivity contribution in [1.82, 2.24) is 19.6 Å². The van der Waals surface area contributed by atoms with Crippen molar-refractivity contribution in [2.45, 2.75) is 12.6 Å². The van der Waals surface area contributed by atoms with Gasteiger partial charge in [0.25, 0.3) is 0 Å². The van der Waals surface area contributed by atoms with Crippen LogP contribution < -0.4 is 0 Å². The van der Waals surface area contributed by atoms with Crippen molar-refractivity contribution in [1.29, 1.82) is 0 Å². The van der Waals surface area contributed by atoms with Gasteiger partial charge in [-0.2, -0.15) is 0 Å². The first-order valence-corrected chi connectivity index (χ1v) is 10.7. The van der Waals surface area contributed by atoms with Crippen molar-refractivity contribution in [2.75, 3.05) is 65.4 Å². The zero-order chi connectivity index (χ0) is 20.1. The van der Waals surface area contributed by atoms with Gasteiger partial charge in [-0.15, -0.1) is 0 Å². The van der Waals surface area contributed by atoms with Gasteiger partial charge in [-0.1, -0.05) is 42.5 Å². The minimum Gasteiger partial charge on any atom is -0.390 e. The summed E-state index contributed by atoms with van der Waals surface area (Å²) in [5, 5.41) is 13.2. The van der Waals surface area contributed by atoms with E-state index in [4.69, 9.17) is 0 Å². The minimum atomic E-state index is -0.331. The van der Waals surface area contributed by atoms with Crippen LogP contribution in [0.25, 0.3) is 10.8 Å². The molecule has 0 saturated carbocycles. The van der Waals surface area contributed by atoms with Crippen LogP contribution in [0.15, 0.2) is 42.5 Å². The van der Waals surface area contributed by atoms with Crippen LogP contribution in [0.3, 0.4) is 0 Å². The van der Waals surface area contributed by atoms with E-state index in [1.807, 2.05) is 0 Å². The first-order valence-electron chi connectivity index (χ1n) is 10.7. The topological polar surface area (TPSA) is 50.3 Å². The van der Waals surface area contributed by atoms with E-state index in [9.17, 15) is 9.90 Å². The number of piperazine rings is 2. The van der Waals surface area contributed by atoms with Gasteiger partial charge in [0.1, 0.15) is 0 Å². The fraction of sp³-hybridized carbons (Fsp3) is 0.522. The zero-order valence-corrected chi connectivity index (χ0v) is 17.1. The van der Waals surface area contributed by atoms with Crippen LogP contribution in [0.5, 0.6) is 0 Å². The number of amides is 1. The molecule has 156 valence electrons. The largest absolute Gasteiger partial charge is 0.390 e. The molecule has 2 aliphatic heterocycles. The molecule has 1 amide bonds. The average molecular weight is 397 g/mol. The Balaban J connectivity index is 1.22. The summed E-state index contributed by atoms with van der Waals surface area (Å²) < 4.78 is 0. The molecule has 4 rings (SSSR count). The molecule has 6 nitrogen and oxygen atoms in total. The Kier molecular flexibility index (Phi) is 6.77. The van der Waals surface area contributed by atoms with Gasteiger partial charge in [0.2, 0.25) is 6.41 Å². The van der Waals surface area contributed by atoms with E-state index in [0.29, 0.717) is 6.54 Å². The standard InChI is InChI=1S/C23H32N4O2/c28-19-27-14-12-26(13-15-27)18-22(29)17-25-10-8-24(9-11-25)16-21-6-3-5-20-4-1-2-7-23(20)21/h1-7,19,22,29H,8-18H2. The minimum absolute atomic E-state index is 0.331. The maximum atomic E-state index is 10.8. The van der Waals surface area contributed by atoms with E-state index in [0.717, 1.165) is 71.9 Å². The summed E-state index contributed by atoms with van der Waals surface area (Å²) in [6.45, 7) is 9.73.